The molecule has 82 valence electrons. The van der Waals surface area contributed by atoms with E-state index in [9.17, 15) is 15.0 Å². The number of hydrogen-bond acceptors (Lipinski definition) is 4. The van der Waals surface area contributed by atoms with Gasteiger partial charge < -0.3 is 14.9 Å². The Morgan fingerprint density at radius 1 is 1.19 bits per heavy atom. The van der Waals surface area contributed by atoms with E-state index >= 15 is 0 Å². The van der Waals surface area contributed by atoms with Crippen molar-refractivity contribution in [1.29, 1.82) is 0 Å². The lowest BCUT2D eigenvalue weighted by Gasteiger charge is -2.08. The molecule has 0 bridgehead atoms. The number of esters is 1. The van der Waals surface area contributed by atoms with E-state index in [4.69, 9.17) is 4.74 Å². The lowest BCUT2D eigenvalue weighted by Crippen LogP contribution is -2.01. The Kier molecular flexibility index (Phi) is 2.40. The van der Waals surface area contributed by atoms with E-state index in [1.165, 1.54) is 13.0 Å². The van der Waals surface area contributed by atoms with Crippen LogP contribution in [-0.2, 0) is 4.79 Å². The summed E-state index contributed by atoms with van der Waals surface area (Å²) < 4.78 is 4.79. The van der Waals surface area contributed by atoms with Gasteiger partial charge in [0, 0.05) is 23.8 Å². The molecule has 2 N–H and O–H groups in total. The summed E-state index contributed by atoms with van der Waals surface area (Å²) in [6.07, 6.45) is 0. The molecule has 0 unspecified atom stereocenters. The van der Waals surface area contributed by atoms with Crippen LogP contribution >= 0.6 is 0 Å². The average molecular weight is 218 g/mol. The van der Waals surface area contributed by atoms with Crippen molar-refractivity contribution in [3.05, 3.63) is 30.3 Å². The van der Waals surface area contributed by atoms with Gasteiger partial charge >= 0.3 is 5.97 Å². The summed E-state index contributed by atoms with van der Waals surface area (Å²) in [5.41, 5.74) is 0. The number of phenolic OH excluding ortho intramolecular Hbond substituents is 2. The van der Waals surface area contributed by atoms with Crippen molar-refractivity contribution in [2.75, 3.05) is 0 Å². The molecule has 2 aromatic rings. The molecule has 0 amide bonds. The molecule has 0 aliphatic rings. The van der Waals surface area contributed by atoms with Crippen molar-refractivity contribution in [2.24, 2.45) is 0 Å². The first-order valence-electron chi connectivity index (χ1n) is 4.71. The molecular weight excluding hydrogens is 208 g/mol. The zero-order chi connectivity index (χ0) is 11.7. The number of ether oxygens (including phenoxy) is 1. The maximum Gasteiger partial charge on any atom is 0.308 e. The summed E-state index contributed by atoms with van der Waals surface area (Å²) in [6.45, 7) is 1.23. The lowest BCUT2D eigenvalue weighted by atomic mass is 10.1. The third-order valence-electron chi connectivity index (χ3n) is 2.21. The Hall–Kier alpha value is -2.23. The summed E-state index contributed by atoms with van der Waals surface area (Å²) in [5, 5.41) is 20.5. The largest absolute Gasteiger partial charge is 0.507 e. The van der Waals surface area contributed by atoms with Crippen LogP contribution in [0.25, 0.3) is 10.8 Å². The first kappa shape index (κ1) is 10.3. The highest BCUT2D eigenvalue weighted by atomic mass is 16.5. The molecule has 0 fully saturated rings. The van der Waals surface area contributed by atoms with E-state index in [0.717, 1.165) is 0 Å². The molecule has 0 aliphatic carbocycles. The van der Waals surface area contributed by atoms with Crippen molar-refractivity contribution < 1.29 is 19.7 Å². The Morgan fingerprint density at radius 2 is 1.81 bits per heavy atom. The van der Waals surface area contributed by atoms with E-state index in [0.29, 0.717) is 10.8 Å². The minimum atomic E-state index is -0.551. The number of phenols is 2. The predicted molar refractivity (Wildman–Crippen MR) is 58.6 cm³/mol. The first-order valence-corrected chi connectivity index (χ1v) is 4.71. The highest BCUT2D eigenvalue weighted by molar-refractivity contribution is 5.95. The maximum absolute atomic E-state index is 10.8. The van der Waals surface area contributed by atoms with Crippen molar-refractivity contribution >= 4 is 16.7 Å². The second-order valence-corrected chi connectivity index (χ2v) is 3.38. The van der Waals surface area contributed by atoms with Gasteiger partial charge in [0.15, 0.2) is 11.5 Å². The third-order valence-corrected chi connectivity index (χ3v) is 2.21. The minimum absolute atomic E-state index is 0.0374. The first-order chi connectivity index (χ1) is 7.59. The second-order valence-electron chi connectivity index (χ2n) is 3.38. The van der Waals surface area contributed by atoms with Crippen LogP contribution in [0, 0.1) is 0 Å². The molecule has 0 aliphatic heterocycles. The molecule has 0 radical (unpaired) electrons. The molecular formula is C12H10O4. The summed E-state index contributed by atoms with van der Waals surface area (Å²) in [7, 11) is 0. The van der Waals surface area contributed by atoms with Gasteiger partial charge in [0.25, 0.3) is 0 Å². The van der Waals surface area contributed by atoms with Gasteiger partial charge in [0.05, 0.1) is 0 Å². The van der Waals surface area contributed by atoms with Gasteiger partial charge in [-0.3, -0.25) is 4.79 Å². The Morgan fingerprint density at radius 3 is 2.44 bits per heavy atom. The van der Waals surface area contributed by atoms with E-state index in [1.54, 1.807) is 24.3 Å². The second kappa shape index (κ2) is 3.73. The van der Waals surface area contributed by atoms with Gasteiger partial charge in [-0.05, 0) is 0 Å². The number of fused-ring (bicyclic) bond motifs is 1. The Bertz CT molecular complexity index is 560. The number of aromatic hydroxyl groups is 2. The van der Waals surface area contributed by atoms with Crippen LogP contribution in [0.5, 0.6) is 17.2 Å². The summed E-state index contributed by atoms with van der Waals surface area (Å²) in [6, 6.07) is 7.99. The van der Waals surface area contributed by atoms with Crippen LogP contribution in [0.15, 0.2) is 30.3 Å². The van der Waals surface area contributed by atoms with Crippen molar-refractivity contribution in [2.45, 2.75) is 6.92 Å². The smallest absolute Gasteiger partial charge is 0.308 e. The van der Waals surface area contributed by atoms with E-state index in [2.05, 4.69) is 0 Å². The fourth-order valence-electron chi connectivity index (χ4n) is 1.55. The zero-order valence-corrected chi connectivity index (χ0v) is 8.60. The van der Waals surface area contributed by atoms with Crippen molar-refractivity contribution in [3.63, 3.8) is 0 Å². The van der Waals surface area contributed by atoms with E-state index < -0.39 is 5.97 Å². The quantitative estimate of drug-likeness (QED) is 0.437. The molecule has 0 aromatic heterocycles. The minimum Gasteiger partial charge on any atom is -0.507 e. The number of rotatable bonds is 1. The average Bonchev–Trinajstić information content (AvgIpc) is 2.25. The molecule has 2 rings (SSSR count). The number of hydrogen-bond donors (Lipinski definition) is 2. The van der Waals surface area contributed by atoms with Gasteiger partial charge in [-0.15, -0.1) is 0 Å². The lowest BCUT2D eigenvalue weighted by molar-refractivity contribution is -0.132. The molecule has 0 atom stereocenters. The van der Waals surface area contributed by atoms with Gasteiger partial charge in [0.1, 0.15) is 5.75 Å². The number of carbonyl (C=O) groups is 1. The van der Waals surface area contributed by atoms with Crippen LogP contribution in [-0.4, -0.2) is 16.2 Å². The molecule has 0 heterocycles. The van der Waals surface area contributed by atoms with Gasteiger partial charge in [0.2, 0.25) is 0 Å². The van der Waals surface area contributed by atoms with E-state index in [-0.39, 0.29) is 17.2 Å². The molecule has 4 nitrogen and oxygen atoms in total. The van der Waals surface area contributed by atoms with Gasteiger partial charge in [-0.2, -0.15) is 0 Å². The Labute approximate surface area is 91.7 Å². The molecule has 2 aromatic carbocycles. The molecule has 0 saturated heterocycles. The third kappa shape index (κ3) is 1.65. The number of carbonyl (C=O) groups excluding carboxylic acids is 1. The van der Waals surface area contributed by atoms with Gasteiger partial charge in [-0.1, -0.05) is 24.3 Å². The molecule has 0 spiro atoms. The normalized spacial score (nSPS) is 10.3. The van der Waals surface area contributed by atoms with Crippen molar-refractivity contribution in [1.82, 2.24) is 0 Å². The van der Waals surface area contributed by atoms with Gasteiger partial charge in [-0.25, -0.2) is 0 Å². The fourth-order valence-corrected chi connectivity index (χ4v) is 1.55. The maximum atomic E-state index is 10.8. The van der Waals surface area contributed by atoms with Crippen molar-refractivity contribution in [3.8, 4) is 17.2 Å². The Balaban J connectivity index is 2.70. The zero-order valence-electron chi connectivity index (χ0n) is 8.60. The summed E-state index contributed by atoms with van der Waals surface area (Å²) >= 11 is 0. The highest BCUT2D eigenvalue weighted by Gasteiger charge is 2.12. The van der Waals surface area contributed by atoms with E-state index in [1.807, 2.05) is 0 Å². The summed E-state index contributed by atoms with van der Waals surface area (Å²) in [4.78, 5) is 10.8. The standard InChI is InChI=1S/C12H10O4/c1-7(13)16-11-6-10(14)8-4-2-3-5-9(8)12(11)15/h2-6,14-15H,1H3. The van der Waals surface area contributed by atoms with Crippen LogP contribution in [0.1, 0.15) is 6.92 Å². The van der Waals surface area contributed by atoms with Crippen LogP contribution < -0.4 is 4.74 Å². The van der Waals surface area contributed by atoms with Crippen LogP contribution in [0.2, 0.25) is 0 Å². The van der Waals surface area contributed by atoms with Crippen LogP contribution in [0.4, 0.5) is 0 Å². The molecule has 4 heteroatoms. The highest BCUT2D eigenvalue weighted by Crippen LogP contribution is 2.39. The topological polar surface area (TPSA) is 66.8 Å². The fraction of sp³-hybridized carbons (Fsp3) is 0.0833. The SMILES string of the molecule is CC(=O)Oc1cc(O)c2ccccc2c1O. The molecule has 16 heavy (non-hydrogen) atoms. The summed E-state index contributed by atoms with van der Waals surface area (Å²) in [5.74, 6) is -0.776. The van der Waals surface area contributed by atoms with Crippen LogP contribution in [0.3, 0.4) is 0 Å². The number of benzene rings is 2. The molecule has 0 saturated carbocycles. The monoisotopic (exact) mass is 218 g/mol. The predicted octanol–water partition coefficient (Wildman–Crippen LogP) is 2.18.